The molecule has 1 aromatic heterocycles. The van der Waals surface area contributed by atoms with Crippen molar-refractivity contribution in [3.05, 3.63) is 29.1 Å². The third kappa shape index (κ3) is 3.54. The normalized spacial score (nSPS) is 11.6. The molecule has 0 N–H and O–H groups in total. The van der Waals surface area contributed by atoms with Crippen molar-refractivity contribution in [2.24, 2.45) is 0 Å². The smallest absolute Gasteiger partial charge is 0.101 e. The molecule has 1 aromatic rings. The van der Waals surface area contributed by atoms with Crippen LogP contribution >= 0.6 is 0 Å². The van der Waals surface area contributed by atoms with Crippen LogP contribution in [0.2, 0.25) is 0 Å². The number of nitrogens with zero attached hydrogens (tertiary/aromatic N) is 3. The van der Waals surface area contributed by atoms with E-state index in [0.717, 1.165) is 24.3 Å². The van der Waals surface area contributed by atoms with Gasteiger partial charge in [-0.25, -0.2) is 0 Å². The van der Waals surface area contributed by atoms with Crippen molar-refractivity contribution in [2.75, 3.05) is 13.6 Å². The quantitative estimate of drug-likeness (QED) is 0.803. The molecule has 0 aliphatic rings. The molecule has 0 fully saturated rings. The van der Waals surface area contributed by atoms with E-state index in [2.05, 4.69) is 50.7 Å². The molecule has 1 rings (SSSR count). The van der Waals surface area contributed by atoms with Gasteiger partial charge in [-0.15, -0.1) is 0 Å². The number of aromatic nitrogens is 1. The molecule has 0 unspecified atom stereocenters. The number of hydrogen-bond acceptors (Lipinski definition) is 3. The van der Waals surface area contributed by atoms with Gasteiger partial charge in [-0.05, 0) is 25.2 Å². The second-order valence-corrected chi connectivity index (χ2v) is 5.43. The molecule has 1 heterocycles. The highest BCUT2D eigenvalue weighted by atomic mass is 15.1. The van der Waals surface area contributed by atoms with Crippen LogP contribution in [0.15, 0.2) is 12.3 Å². The number of pyridine rings is 1. The highest BCUT2D eigenvalue weighted by molar-refractivity contribution is 5.39. The average molecular weight is 231 g/mol. The monoisotopic (exact) mass is 231 g/mol. The van der Waals surface area contributed by atoms with E-state index in [9.17, 15) is 5.26 Å². The summed E-state index contributed by atoms with van der Waals surface area (Å²) >= 11 is 0. The molecule has 0 amide bonds. The maximum atomic E-state index is 9.19. The van der Waals surface area contributed by atoms with Crippen LogP contribution in [0.4, 0.5) is 0 Å². The number of nitriles is 1. The van der Waals surface area contributed by atoms with Crippen molar-refractivity contribution in [1.29, 1.82) is 5.26 Å². The van der Waals surface area contributed by atoms with Gasteiger partial charge in [0.15, 0.2) is 0 Å². The lowest BCUT2D eigenvalue weighted by Crippen LogP contribution is -2.19. The molecule has 0 radical (unpaired) electrons. The standard InChI is InChI=1S/C14H21N3/c1-6-17(5)10-11-7-12(8-15)13(16-9-11)14(2,3)4/h7,9H,6,10H2,1-5H3. The summed E-state index contributed by atoms with van der Waals surface area (Å²) in [5.74, 6) is 0. The van der Waals surface area contributed by atoms with Gasteiger partial charge in [-0.1, -0.05) is 27.7 Å². The van der Waals surface area contributed by atoms with Gasteiger partial charge in [0.1, 0.15) is 6.07 Å². The molecule has 17 heavy (non-hydrogen) atoms. The Morgan fingerprint density at radius 1 is 1.41 bits per heavy atom. The second-order valence-electron chi connectivity index (χ2n) is 5.43. The summed E-state index contributed by atoms with van der Waals surface area (Å²) in [6.07, 6.45) is 1.88. The van der Waals surface area contributed by atoms with Gasteiger partial charge in [0.2, 0.25) is 0 Å². The molecule has 0 bridgehead atoms. The van der Waals surface area contributed by atoms with E-state index in [4.69, 9.17) is 0 Å². The first-order valence-electron chi connectivity index (χ1n) is 5.96. The minimum Gasteiger partial charge on any atom is -0.302 e. The minimum atomic E-state index is -0.0831. The van der Waals surface area contributed by atoms with Crippen molar-refractivity contribution in [2.45, 2.75) is 39.7 Å². The number of rotatable bonds is 3. The third-order valence-corrected chi connectivity index (χ3v) is 2.77. The Kier molecular flexibility index (Phi) is 4.25. The second kappa shape index (κ2) is 5.29. The van der Waals surface area contributed by atoms with Gasteiger partial charge >= 0.3 is 0 Å². The lowest BCUT2D eigenvalue weighted by atomic mass is 9.88. The van der Waals surface area contributed by atoms with Gasteiger partial charge in [0.05, 0.1) is 11.3 Å². The number of hydrogen-bond donors (Lipinski definition) is 0. The Morgan fingerprint density at radius 2 is 2.06 bits per heavy atom. The van der Waals surface area contributed by atoms with Crippen molar-refractivity contribution in [3.8, 4) is 6.07 Å². The van der Waals surface area contributed by atoms with E-state index in [1.165, 1.54) is 0 Å². The van der Waals surface area contributed by atoms with Crippen LogP contribution in [0.1, 0.15) is 44.5 Å². The van der Waals surface area contributed by atoms with Gasteiger partial charge in [-0.2, -0.15) is 5.26 Å². The first-order chi connectivity index (χ1) is 7.88. The first kappa shape index (κ1) is 13.7. The van der Waals surface area contributed by atoms with Crippen LogP contribution in [0.3, 0.4) is 0 Å². The summed E-state index contributed by atoms with van der Waals surface area (Å²) in [6, 6.07) is 4.21. The average Bonchev–Trinajstić information content (AvgIpc) is 2.27. The van der Waals surface area contributed by atoms with E-state index < -0.39 is 0 Å². The largest absolute Gasteiger partial charge is 0.302 e. The molecule has 0 saturated carbocycles. The zero-order valence-corrected chi connectivity index (χ0v) is 11.4. The van der Waals surface area contributed by atoms with E-state index in [0.29, 0.717) is 5.56 Å². The molecule has 92 valence electrons. The molecular formula is C14H21N3. The highest BCUT2D eigenvalue weighted by Crippen LogP contribution is 2.24. The Bertz CT molecular complexity index is 424. The van der Waals surface area contributed by atoms with Gasteiger partial charge in [-0.3, -0.25) is 4.98 Å². The van der Waals surface area contributed by atoms with Crippen LogP contribution in [-0.4, -0.2) is 23.5 Å². The fourth-order valence-corrected chi connectivity index (χ4v) is 1.70. The van der Waals surface area contributed by atoms with Crippen molar-refractivity contribution >= 4 is 0 Å². The lowest BCUT2D eigenvalue weighted by Gasteiger charge is -2.20. The summed E-state index contributed by atoms with van der Waals surface area (Å²) in [5, 5.41) is 9.19. The predicted octanol–water partition coefficient (Wildman–Crippen LogP) is 2.70. The van der Waals surface area contributed by atoms with E-state index in [1.807, 2.05) is 12.3 Å². The van der Waals surface area contributed by atoms with Crippen LogP contribution in [0.25, 0.3) is 0 Å². The van der Waals surface area contributed by atoms with Gasteiger partial charge in [0, 0.05) is 18.2 Å². The molecule has 0 spiro atoms. The van der Waals surface area contributed by atoms with E-state index in [-0.39, 0.29) is 5.41 Å². The van der Waals surface area contributed by atoms with E-state index >= 15 is 0 Å². The molecule has 0 saturated heterocycles. The maximum absolute atomic E-state index is 9.19. The maximum Gasteiger partial charge on any atom is 0.101 e. The predicted molar refractivity (Wildman–Crippen MR) is 69.7 cm³/mol. The Hall–Kier alpha value is -1.40. The van der Waals surface area contributed by atoms with Crippen LogP contribution in [0.5, 0.6) is 0 Å². The Morgan fingerprint density at radius 3 is 2.53 bits per heavy atom. The zero-order chi connectivity index (χ0) is 13.1. The minimum absolute atomic E-state index is 0.0831. The summed E-state index contributed by atoms with van der Waals surface area (Å²) in [6.45, 7) is 10.2. The molecule has 0 atom stereocenters. The van der Waals surface area contributed by atoms with Crippen LogP contribution < -0.4 is 0 Å². The van der Waals surface area contributed by atoms with Crippen molar-refractivity contribution < 1.29 is 0 Å². The van der Waals surface area contributed by atoms with Gasteiger partial charge in [0.25, 0.3) is 0 Å². The highest BCUT2D eigenvalue weighted by Gasteiger charge is 2.20. The van der Waals surface area contributed by atoms with Crippen molar-refractivity contribution in [3.63, 3.8) is 0 Å². The summed E-state index contributed by atoms with van der Waals surface area (Å²) in [7, 11) is 2.06. The van der Waals surface area contributed by atoms with Crippen LogP contribution in [0, 0.1) is 11.3 Å². The Labute approximate surface area is 104 Å². The summed E-state index contributed by atoms with van der Waals surface area (Å²) in [5.41, 5.74) is 2.58. The summed E-state index contributed by atoms with van der Waals surface area (Å²) < 4.78 is 0. The molecule has 0 aliphatic carbocycles. The third-order valence-electron chi connectivity index (χ3n) is 2.77. The fourth-order valence-electron chi connectivity index (χ4n) is 1.70. The molecule has 3 heteroatoms. The first-order valence-corrected chi connectivity index (χ1v) is 5.96. The van der Waals surface area contributed by atoms with E-state index in [1.54, 1.807) is 0 Å². The molecular weight excluding hydrogens is 210 g/mol. The summed E-state index contributed by atoms with van der Waals surface area (Å²) in [4.78, 5) is 6.65. The van der Waals surface area contributed by atoms with Gasteiger partial charge < -0.3 is 4.90 Å². The van der Waals surface area contributed by atoms with Crippen LogP contribution in [-0.2, 0) is 12.0 Å². The SMILES string of the molecule is CCN(C)Cc1cnc(C(C)(C)C)c(C#N)c1. The Balaban J connectivity index is 3.06. The lowest BCUT2D eigenvalue weighted by molar-refractivity contribution is 0.345. The molecule has 0 aliphatic heterocycles. The van der Waals surface area contributed by atoms with Crippen molar-refractivity contribution in [1.82, 2.24) is 9.88 Å². The molecule has 3 nitrogen and oxygen atoms in total. The molecule has 0 aromatic carbocycles. The topological polar surface area (TPSA) is 39.9 Å². The fraction of sp³-hybridized carbons (Fsp3) is 0.571. The zero-order valence-electron chi connectivity index (χ0n) is 11.4.